The van der Waals surface area contributed by atoms with E-state index in [1.807, 2.05) is 6.92 Å². The van der Waals surface area contributed by atoms with E-state index in [1.54, 1.807) is 4.90 Å². The van der Waals surface area contributed by atoms with Gasteiger partial charge in [-0.2, -0.15) is 0 Å². The summed E-state index contributed by atoms with van der Waals surface area (Å²) >= 11 is 2.54. The molecule has 1 aromatic rings. The van der Waals surface area contributed by atoms with Crippen molar-refractivity contribution in [3.8, 4) is 0 Å². The number of rotatable bonds is 7. The number of hydrogen-bond acceptors (Lipinski definition) is 8. The van der Waals surface area contributed by atoms with Gasteiger partial charge in [0.25, 0.3) is 0 Å². The van der Waals surface area contributed by atoms with Gasteiger partial charge in [0.1, 0.15) is 0 Å². The van der Waals surface area contributed by atoms with Gasteiger partial charge in [0, 0.05) is 12.6 Å². The largest absolute Gasteiger partial charge is 0.374 e. The Bertz CT molecular complexity index is 617. The number of amides is 1. The highest BCUT2D eigenvalue weighted by Crippen LogP contribution is 2.25. The van der Waals surface area contributed by atoms with Crippen LogP contribution in [0.15, 0.2) is 4.34 Å². The van der Waals surface area contributed by atoms with Gasteiger partial charge in [0.15, 0.2) is 14.2 Å². The molecule has 0 spiro atoms. The van der Waals surface area contributed by atoms with Gasteiger partial charge in [0.05, 0.1) is 17.3 Å². The molecule has 2 N–H and O–H groups in total. The highest BCUT2D eigenvalue weighted by Gasteiger charge is 2.34. The summed E-state index contributed by atoms with van der Waals surface area (Å²) in [6.07, 6.45) is 2.37. The first-order valence-electron chi connectivity index (χ1n) is 7.13. The maximum atomic E-state index is 12.5. The normalized spacial score (nSPS) is 20.1. The molecular formula is C12H20N4O3S3. The van der Waals surface area contributed by atoms with E-state index in [2.05, 4.69) is 10.2 Å². The summed E-state index contributed by atoms with van der Waals surface area (Å²) in [6.45, 7) is 2.65. The van der Waals surface area contributed by atoms with E-state index >= 15 is 0 Å². The molecule has 1 atom stereocenters. The number of thioether (sulfide) groups is 1. The lowest BCUT2D eigenvalue weighted by Crippen LogP contribution is -2.42. The van der Waals surface area contributed by atoms with Crippen LogP contribution in [0.25, 0.3) is 0 Å². The van der Waals surface area contributed by atoms with E-state index in [-0.39, 0.29) is 29.2 Å². The Labute approximate surface area is 138 Å². The zero-order valence-corrected chi connectivity index (χ0v) is 14.8. The number of aromatic nitrogens is 2. The molecule has 1 amide bonds. The number of carbonyl (C=O) groups excluding carboxylic acids is 1. The molecule has 124 valence electrons. The Morgan fingerprint density at radius 3 is 2.82 bits per heavy atom. The highest BCUT2D eigenvalue weighted by molar-refractivity contribution is 8.01. The van der Waals surface area contributed by atoms with E-state index < -0.39 is 9.84 Å². The third kappa shape index (κ3) is 4.82. The number of sulfone groups is 1. The van der Waals surface area contributed by atoms with Crippen molar-refractivity contribution in [1.82, 2.24) is 15.1 Å². The summed E-state index contributed by atoms with van der Waals surface area (Å²) in [6, 6.07) is -0.191. The van der Waals surface area contributed by atoms with Gasteiger partial charge in [-0.3, -0.25) is 4.79 Å². The minimum Gasteiger partial charge on any atom is -0.374 e. The molecule has 1 aliphatic rings. The Hall–Kier alpha value is -0.870. The average molecular weight is 365 g/mol. The number of nitrogens with zero attached hydrogens (tertiary/aromatic N) is 3. The topological polar surface area (TPSA) is 106 Å². The Kier molecular flexibility index (Phi) is 6.04. The third-order valence-electron chi connectivity index (χ3n) is 3.46. The van der Waals surface area contributed by atoms with Gasteiger partial charge >= 0.3 is 0 Å². The number of hydrogen-bond donors (Lipinski definition) is 1. The summed E-state index contributed by atoms with van der Waals surface area (Å²) in [5, 5.41) is 7.95. The lowest BCUT2D eigenvalue weighted by Gasteiger charge is -2.28. The van der Waals surface area contributed by atoms with Crippen molar-refractivity contribution in [3.05, 3.63) is 0 Å². The van der Waals surface area contributed by atoms with Crippen LogP contribution >= 0.6 is 23.1 Å². The molecule has 2 heterocycles. The van der Waals surface area contributed by atoms with Crippen molar-refractivity contribution in [2.45, 2.75) is 36.6 Å². The lowest BCUT2D eigenvalue weighted by atomic mass is 10.2. The van der Waals surface area contributed by atoms with E-state index in [4.69, 9.17) is 5.73 Å². The van der Waals surface area contributed by atoms with Crippen LogP contribution < -0.4 is 5.73 Å². The third-order valence-corrected chi connectivity index (χ3v) is 7.08. The molecule has 1 aliphatic heterocycles. The molecule has 0 saturated carbocycles. The van der Waals surface area contributed by atoms with Crippen LogP contribution in [-0.4, -0.2) is 59.3 Å². The fraction of sp³-hybridized carbons (Fsp3) is 0.750. The quantitative estimate of drug-likeness (QED) is 0.720. The molecule has 0 aliphatic carbocycles. The first-order chi connectivity index (χ1) is 10.4. The van der Waals surface area contributed by atoms with E-state index in [0.717, 1.165) is 12.8 Å². The molecule has 1 aromatic heterocycles. The fourth-order valence-corrected chi connectivity index (χ4v) is 5.60. The average Bonchev–Trinajstić information content (AvgIpc) is 3.03. The minimum atomic E-state index is -3.00. The van der Waals surface area contributed by atoms with E-state index in [1.165, 1.54) is 23.1 Å². The van der Waals surface area contributed by atoms with Crippen LogP contribution in [0.4, 0.5) is 5.13 Å². The summed E-state index contributed by atoms with van der Waals surface area (Å²) in [4.78, 5) is 14.2. The van der Waals surface area contributed by atoms with E-state index in [9.17, 15) is 13.2 Å². The summed E-state index contributed by atoms with van der Waals surface area (Å²) < 4.78 is 24.0. The van der Waals surface area contributed by atoms with Gasteiger partial charge in [-0.05, 0) is 12.8 Å². The second-order valence-corrected chi connectivity index (χ2v) is 9.65. The van der Waals surface area contributed by atoms with Crippen molar-refractivity contribution in [2.75, 3.05) is 29.5 Å². The van der Waals surface area contributed by atoms with Crippen molar-refractivity contribution in [1.29, 1.82) is 0 Å². The second-order valence-electron chi connectivity index (χ2n) is 5.19. The highest BCUT2D eigenvalue weighted by atomic mass is 32.2. The first-order valence-corrected chi connectivity index (χ1v) is 10.8. The van der Waals surface area contributed by atoms with Crippen LogP contribution in [0.3, 0.4) is 0 Å². The number of anilines is 1. The molecule has 1 fully saturated rings. The van der Waals surface area contributed by atoms with Gasteiger partial charge in [-0.25, -0.2) is 8.42 Å². The first kappa shape index (κ1) is 17.5. The Morgan fingerprint density at radius 1 is 1.50 bits per heavy atom. The van der Waals surface area contributed by atoms with Crippen LogP contribution in [0.2, 0.25) is 0 Å². The van der Waals surface area contributed by atoms with Crippen molar-refractivity contribution in [2.24, 2.45) is 0 Å². The monoisotopic (exact) mass is 364 g/mol. The lowest BCUT2D eigenvalue weighted by molar-refractivity contribution is -0.130. The Balaban J connectivity index is 1.96. The van der Waals surface area contributed by atoms with Crippen LogP contribution in [0.5, 0.6) is 0 Å². The van der Waals surface area contributed by atoms with Gasteiger partial charge < -0.3 is 10.6 Å². The number of carbonyl (C=O) groups is 1. The zero-order chi connectivity index (χ0) is 16.2. The zero-order valence-electron chi connectivity index (χ0n) is 12.4. The minimum absolute atomic E-state index is 0.0469. The molecular weight excluding hydrogens is 344 g/mol. The molecule has 2 rings (SSSR count). The van der Waals surface area contributed by atoms with Crippen molar-refractivity contribution >= 4 is 44.0 Å². The summed E-state index contributed by atoms with van der Waals surface area (Å²) in [5.74, 6) is 0.441. The molecule has 0 bridgehead atoms. The maximum Gasteiger partial charge on any atom is 0.233 e. The van der Waals surface area contributed by atoms with Crippen LogP contribution in [-0.2, 0) is 14.6 Å². The standard InChI is InChI=1S/C12H20N4O3S3/c1-2-3-5-16(9-4-6-22(18,19)8-9)10(17)7-20-12-15-14-11(13)21-12/h9H,2-8H2,1H3,(H2,13,14)/t9-/m1/s1. The number of nitrogen functional groups attached to an aromatic ring is 1. The molecule has 0 aromatic carbocycles. The van der Waals surface area contributed by atoms with Gasteiger partial charge in [-0.1, -0.05) is 36.4 Å². The molecule has 0 radical (unpaired) electrons. The number of nitrogens with two attached hydrogens (primary N) is 1. The SMILES string of the molecule is CCCCN(C(=O)CSc1nnc(N)s1)[C@@H]1CCS(=O)(=O)C1. The Morgan fingerprint density at radius 2 is 2.27 bits per heavy atom. The molecule has 1 saturated heterocycles. The molecule has 7 nitrogen and oxygen atoms in total. The smallest absolute Gasteiger partial charge is 0.233 e. The maximum absolute atomic E-state index is 12.5. The van der Waals surface area contributed by atoms with Gasteiger partial charge in [-0.15, -0.1) is 10.2 Å². The number of unbranched alkanes of at least 4 members (excludes halogenated alkanes) is 1. The molecule has 22 heavy (non-hydrogen) atoms. The summed E-state index contributed by atoms with van der Waals surface area (Å²) in [5.41, 5.74) is 5.51. The van der Waals surface area contributed by atoms with Crippen molar-refractivity contribution in [3.63, 3.8) is 0 Å². The second kappa shape index (κ2) is 7.60. The van der Waals surface area contributed by atoms with E-state index in [0.29, 0.717) is 22.4 Å². The van der Waals surface area contributed by atoms with Crippen LogP contribution in [0, 0.1) is 0 Å². The van der Waals surface area contributed by atoms with Crippen molar-refractivity contribution < 1.29 is 13.2 Å². The predicted molar refractivity (Wildman–Crippen MR) is 88.7 cm³/mol. The predicted octanol–water partition coefficient (Wildman–Crippen LogP) is 1.03. The van der Waals surface area contributed by atoms with Crippen LogP contribution in [0.1, 0.15) is 26.2 Å². The fourth-order valence-electron chi connectivity index (χ4n) is 2.35. The molecule has 0 unspecified atom stereocenters. The van der Waals surface area contributed by atoms with Gasteiger partial charge in [0.2, 0.25) is 11.0 Å². The molecule has 10 heteroatoms. The summed E-state index contributed by atoms with van der Waals surface area (Å²) in [7, 11) is -3.00.